The third-order valence-electron chi connectivity index (χ3n) is 15.4. The molecular weight excluding hydrogens is 887 g/mol. The van der Waals surface area contributed by atoms with Crippen molar-refractivity contribution >= 4 is 5.91 Å². The fourth-order valence-corrected chi connectivity index (χ4v) is 10.4. The zero-order chi connectivity index (χ0) is 51.5. The van der Waals surface area contributed by atoms with Gasteiger partial charge in [-0.15, -0.1) is 0 Å². The van der Waals surface area contributed by atoms with E-state index in [0.29, 0.717) is 6.42 Å². The Labute approximate surface area is 439 Å². The topological polar surface area (TPSA) is 149 Å². The van der Waals surface area contributed by atoms with Gasteiger partial charge in [-0.3, -0.25) is 4.79 Å². The fourth-order valence-electron chi connectivity index (χ4n) is 10.4. The first-order chi connectivity index (χ1) is 34.8. The molecule has 0 saturated carbocycles. The molecule has 0 aromatic carbocycles. The number of aliphatic hydroxyl groups is 5. The second-order valence-corrected chi connectivity index (χ2v) is 22.2. The van der Waals surface area contributed by atoms with Crippen LogP contribution < -0.4 is 5.32 Å². The van der Waals surface area contributed by atoms with Gasteiger partial charge in [0, 0.05) is 6.42 Å². The molecular formula is C62H121NO8. The minimum atomic E-state index is -1.56. The number of ether oxygens (including phenoxy) is 2. The van der Waals surface area contributed by atoms with Crippen molar-refractivity contribution in [2.24, 2.45) is 0 Å². The van der Waals surface area contributed by atoms with Crippen molar-refractivity contribution in [3.05, 3.63) is 12.2 Å². The Morgan fingerprint density at radius 2 is 0.775 bits per heavy atom. The molecule has 9 nitrogen and oxygen atoms in total. The number of aliphatic hydroxyl groups excluding tert-OH is 5. The van der Waals surface area contributed by atoms with E-state index in [1.807, 2.05) is 6.08 Å². The van der Waals surface area contributed by atoms with Gasteiger partial charge in [0.1, 0.15) is 24.4 Å². The summed E-state index contributed by atoms with van der Waals surface area (Å²) in [7, 11) is 0. The van der Waals surface area contributed by atoms with E-state index in [1.165, 1.54) is 263 Å². The van der Waals surface area contributed by atoms with Crippen LogP contribution in [0.4, 0.5) is 0 Å². The fraction of sp³-hybridized carbons (Fsp3) is 0.952. The lowest BCUT2D eigenvalue weighted by molar-refractivity contribution is -0.302. The van der Waals surface area contributed by atoms with E-state index in [1.54, 1.807) is 6.08 Å². The summed E-state index contributed by atoms with van der Waals surface area (Å²) in [6, 6.07) is -0.800. The summed E-state index contributed by atoms with van der Waals surface area (Å²) in [5.41, 5.74) is 0. The standard InChI is InChI=1S/C62H121NO8/c1-3-5-7-9-11-13-15-17-18-19-20-21-22-23-24-25-26-27-28-29-30-31-32-33-34-35-36-37-38-40-42-44-46-48-50-52-58(66)63-55(54-70-62-61(69)60(68)59(67)57(53-64)71-62)56(65)51-49-47-45-43-41-39-16-14-12-10-8-6-4-2/h49,51,55-57,59-62,64-65,67-69H,3-48,50,52-54H2,1-2H3,(H,63,66)/b51-49+/t55-,56+,57+,59+,60?,61?,62+/m0/s1. The molecule has 1 aliphatic rings. The van der Waals surface area contributed by atoms with Crippen molar-refractivity contribution in [3.63, 3.8) is 0 Å². The normalized spacial score (nSPS) is 19.2. The maximum atomic E-state index is 13.0. The summed E-state index contributed by atoms with van der Waals surface area (Å²) >= 11 is 0. The lowest BCUT2D eigenvalue weighted by Crippen LogP contribution is -2.60. The van der Waals surface area contributed by atoms with Gasteiger partial charge >= 0.3 is 0 Å². The molecule has 0 aliphatic carbocycles. The summed E-state index contributed by atoms with van der Waals surface area (Å²) < 4.78 is 11.3. The molecule has 9 heteroatoms. The highest BCUT2D eigenvalue weighted by Gasteiger charge is 2.44. The first kappa shape index (κ1) is 67.9. The highest BCUT2D eigenvalue weighted by atomic mass is 16.7. The SMILES string of the molecule is CCCCCCCCCCCCC/C=C/[C@@H](O)[C@H](CO[C@@H]1O[C@H](CO)[C@@H](O)C(O)C1O)NC(=O)CCCCCCCCCCCCCCCCCCCCCCCCCCCCCCCCCCCCC. The van der Waals surface area contributed by atoms with Gasteiger partial charge in [-0.25, -0.2) is 0 Å². The number of nitrogens with one attached hydrogen (secondary N) is 1. The van der Waals surface area contributed by atoms with Crippen LogP contribution in [0.15, 0.2) is 12.2 Å². The number of allylic oxidation sites excluding steroid dienone is 1. The second kappa shape index (κ2) is 52.4. The summed E-state index contributed by atoms with van der Waals surface area (Å²) in [5.74, 6) is -0.170. The lowest BCUT2D eigenvalue weighted by atomic mass is 9.99. The van der Waals surface area contributed by atoms with E-state index in [0.717, 1.165) is 38.5 Å². The molecule has 1 amide bonds. The number of unbranched alkanes of at least 4 members (excludes halogenated alkanes) is 45. The van der Waals surface area contributed by atoms with E-state index < -0.39 is 49.5 Å². The van der Waals surface area contributed by atoms with Crippen LogP contribution in [0.5, 0.6) is 0 Å². The molecule has 6 N–H and O–H groups in total. The first-order valence-corrected chi connectivity index (χ1v) is 31.4. The molecule has 1 saturated heterocycles. The van der Waals surface area contributed by atoms with E-state index in [2.05, 4.69) is 19.2 Å². The van der Waals surface area contributed by atoms with E-state index in [-0.39, 0.29) is 12.5 Å². The Balaban J connectivity index is 2.05. The van der Waals surface area contributed by atoms with Gasteiger partial charge in [0.2, 0.25) is 5.91 Å². The third-order valence-corrected chi connectivity index (χ3v) is 15.4. The van der Waals surface area contributed by atoms with Gasteiger partial charge in [0.25, 0.3) is 0 Å². The smallest absolute Gasteiger partial charge is 0.220 e. The minimum absolute atomic E-state index is 0.170. The van der Waals surface area contributed by atoms with Crippen molar-refractivity contribution in [3.8, 4) is 0 Å². The van der Waals surface area contributed by atoms with Crippen molar-refractivity contribution in [1.82, 2.24) is 5.32 Å². The average Bonchev–Trinajstić information content (AvgIpc) is 3.37. The molecule has 0 bridgehead atoms. The molecule has 0 aromatic heterocycles. The van der Waals surface area contributed by atoms with Crippen molar-refractivity contribution in [1.29, 1.82) is 0 Å². The molecule has 0 radical (unpaired) electrons. The zero-order valence-corrected chi connectivity index (χ0v) is 47.0. The lowest BCUT2D eigenvalue weighted by Gasteiger charge is -2.40. The Morgan fingerprint density at radius 3 is 1.10 bits per heavy atom. The Bertz CT molecular complexity index is 1120. The van der Waals surface area contributed by atoms with Gasteiger partial charge in [-0.2, -0.15) is 0 Å². The molecule has 7 atom stereocenters. The van der Waals surface area contributed by atoms with Crippen LogP contribution >= 0.6 is 0 Å². The van der Waals surface area contributed by atoms with Gasteiger partial charge in [0.15, 0.2) is 6.29 Å². The zero-order valence-electron chi connectivity index (χ0n) is 47.0. The van der Waals surface area contributed by atoms with Crippen LogP contribution in [0.1, 0.15) is 322 Å². The largest absolute Gasteiger partial charge is 0.394 e. The van der Waals surface area contributed by atoms with Gasteiger partial charge in [0.05, 0.1) is 25.4 Å². The quantitative estimate of drug-likeness (QED) is 0.0261. The molecule has 1 heterocycles. The summed E-state index contributed by atoms with van der Waals surface area (Å²) in [6.07, 6.45) is 58.9. The predicted molar refractivity (Wildman–Crippen MR) is 300 cm³/mol. The van der Waals surface area contributed by atoms with E-state index >= 15 is 0 Å². The second-order valence-electron chi connectivity index (χ2n) is 22.2. The molecule has 71 heavy (non-hydrogen) atoms. The average molecular weight is 1010 g/mol. The van der Waals surface area contributed by atoms with Crippen LogP contribution in [0.3, 0.4) is 0 Å². The summed E-state index contributed by atoms with van der Waals surface area (Å²) in [5, 5.41) is 54.4. The Hall–Kier alpha value is -1.07. The van der Waals surface area contributed by atoms with E-state index in [4.69, 9.17) is 9.47 Å². The van der Waals surface area contributed by atoms with Gasteiger partial charge in [-0.05, 0) is 19.3 Å². The number of carbonyl (C=O) groups is 1. The van der Waals surface area contributed by atoms with Gasteiger partial charge in [-0.1, -0.05) is 309 Å². The van der Waals surface area contributed by atoms with Crippen LogP contribution in [-0.2, 0) is 14.3 Å². The maximum absolute atomic E-state index is 13.0. The van der Waals surface area contributed by atoms with Gasteiger partial charge < -0.3 is 40.3 Å². The molecule has 422 valence electrons. The molecule has 1 fully saturated rings. The highest BCUT2D eigenvalue weighted by molar-refractivity contribution is 5.76. The number of amides is 1. The Kier molecular flexibility index (Phi) is 50.1. The number of carbonyl (C=O) groups excluding carboxylic acids is 1. The van der Waals surface area contributed by atoms with Crippen molar-refractivity contribution in [2.75, 3.05) is 13.2 Å². The monoisotopic (exact) mass is 1010 g/mol. The molecule has 2 unspecified atom stereocenters. The molecule has 1 aliphatic heterocycles. The molecule has 1 rings (SSSR count). The number of hydrogen-bond donors (Lipinski definition) is 6. The van der Waals surface area contributed by atoms with Crippen LogP contribution in [-0.4, -0.2) is 87.5 Å². The van der Waals surface area contributed by atoms with Crippen molar-refractivity contribution < 1.29 is 39.8 Å². The Morgan fingerprint density at radius 1 is 0.465 bits per heavy atom. The third kappa shape index (κ3) is 41.8. The van der Waals surface area contributed by atoms with Crippen LogP contribution in [0.25, 0.3) is 0 Å². The van der Waals surface area contributed by atoms with Crippen LogP contribution in [0.2, 0.25) is 0 Å². The molecule has 0 aromatic rings. The van der Waals surface area contributed by atoms with Crippen LogP contribution in [0, 0.1) is 0 Å². The highest BCUT2D eigenvalue weighted by Crippen LogP contribution is 2.23. The minimum Gasteiger partial charge on any atom is -0.394 e. The maximum Gasteiger partial charge on any atom is 0.220 e. The number of rotatable bonds is 55. The summed E-state index contributed by atoms with van der Waals surface area (Å²) in [4.78, 5) is 13.0. The van der Waals surface area contributed by atoms with E-state index in [9.17, 15) is 30.3 Å². The molecule has 0 spiro atoms. The van der Waals surface area contributed by atoms with Crippen molar-refractivity contribution in [2.45, 2.75) is 365 Å². The first-order valence-electron chi connectivity index (χ1n) is 31.4. The summed E-state index contributed by atoms with van der Waals surface area (Å²) in [6.45, 7) is 3.81. The predicted octanol–water partition coefficient (Wildman–Crippen LogP) is 16.0. The number of hydrogen-bond acceptors (Lipinski definition) is 8.